The van der Waals surface area contributed by atoms with Gasteiger partial charge in [-0.05, 0) is 62.0 Å². The highest BCUT2D eigenvalue weighted by molar-refractivity contribution is 6.30. The van der Waals surface area contributed by atoms with Gasteiger partial charge in [0.1, 0.15) is 12.4 Å². The molecule has 0 radical (unpaired) electrons. The van der Waals surface area contributed by atoms with E-state index in [1.54, 1.807) is 14.2 Å². The highest BCUT2D eigenvalue weighted by atomic mass is 35.5. The maximum Gasteiger partial charge on any atom is 0.161 e. The molecule has 27 heavy (non-hydrogen) atoms. The van der Waals surface area contributed by atoms with Gasteiger partial charge in [-0.2, -0.15) is 0 Å². The first-order valence-electron chi connectivity index (χ1n) is 9.08. The Morgan fingerprint density at radius 1 is 1.04 bits per heavy atom. The number of halogens is 1. The lowest BCUT2D eigenvalue weighted by atomic mass is 9.89. The Hall–Kier alpha value is -1.95. The average molecular weight is 391 g/mol. The molecule has 146 valence electrons. The van der Waals surface area contributed by atoms with Gasteiger partial charge in [-0.1, -0.05) is 11.6 Å². The molecule has 2 aromatic rings. The van der Waals surface area contributed by atoms with Crippen molar-refractivity contribution >= 4 is 11.6 Å². The molecule has 0 aliphatic carbocycles. The number of nitrogens with zero attached hydrogens (tertiary/aromatic N) is 1. The smallest absolute Gasteiger partial charge is 0.161 e. The maximum atomic E-state index is 6.26. The van der Waals surface area contributed by atoms with E-state index in [1.807, 2.05) is 32.3 Å². The molecular weight excluding hydrogens is 364 g/mol. The summed E-state index contributed by atoms with van der Waals surface area (Å²) in [5.74, 6) is 2.34. The van der Waals surface area contributed by atoms with Crippen molar-refractivity contribution in [2.45, 2.75) is 12.5 Å². The molecule has 0 bridgehead atoms. The maximum absolute atomic E-state index is 6.26. The van der Waals surface area contributed by atoms with Crippen LogP contribution in [0, 0.1) is 0 Å². The molecule has 6 heteroatoms. The van der Waals surface area contributed by atoms with Gasteiger partial charge in [0.25, 0.3) is 0 Å². The second-order valence-corrected chi connectivity index (χ2v) is 7.31. The number of methoxy groups -OCH3 is 2. The molecule has 0 fully saturated rings. The zero-order valence-electron chi connectivity index (χ0n) is 16.3. The Labute approximate surface area is 166 Å². The van der Waals surface area contributed by atoms with E-state index in [9.17, 15) is 0 Å². The van der Waals surface area contributed by atoms with Crippen LogP contribution in [0.1, 0.15) is 22.7 Å². The molecule has 1 aliphatic rings. The van der Waals surface area contributed by atoms with Crippen molar-refractivity contribution in [2.24, 2.45) is 0 Å². The summed E-state index contributed by atoms with van der Waals surface area (Å²) < 4.78 is 17.2. The highest BCUT2D eigenvalue weighted by Crippen LogP contribution is 2.40. The molecule has 2 aromatic carbocycles. The molecule has 1 aliphatic heterocycles. The van der Waals surface area contributed by atoms with E-state index in [4.69, 9.17) is 25.8 Å². The van der Waals surface area contributed by atoms with Crippen LogP contribution in [-0.4, -0.2) is 52.9 Å². The second-order valence-electron chi connectivity index (χ2n) is 6.88. The summed E-state index contributed by atoms with van der Waals surface area (Å²) in [4.78, 5) is 2.09. The van der Waals surface area contributed by atoms with Crippen molar-refractivity contribution in [3.05, 3.63) is 52.0 Å². The molecule has 1 unspecified atom stereocenters. The summed E-state index contributed by atoms with van der Waals surface area (Å²) in [6.07, 6.45) is 0.934. The first-order chi connectivity index (χ1) is 13.0. The summed E-state index contributed by atoms with van der Waals surface area (Å²) in [5.41, 5.74) is 3.44. The molecule has 0 spiro atoms. The lowest BCUT2D eigenvalue weighted by Crippen LogP contribution is -2.31. The number of hydrogen-bond acceptors (Lipinski definition) is 5. The van der Waals surface area contributed by atoms with E-state index in [-0.39, 0.29) is 6.04 Å². The largest absolute Gasteiger partial charge is 0.496 e. The molecule has 1 N–H and O–H groups in total. The number of hydrogen-bond donors (Lipinski definition) is 1. The third-order valence-corrected chi connectivity index (χ3v) is 5.01. The van der Waals surface area contributed by atoms with Crippen LogP contribution in [-0.2, 0) is 6.42 Å². The quantitative estimate of drug-likeness (QED) is 0.783. The molecule has 0 saturated carbocycles. The van der Waals surface area contributed by atoms with Gasteiger partial charge in [0.15, 0.2) is 11.5 Å². The molecule has 1 heterocycles. The van der Waals surface area contributed by atoms with Crippen molar-refractivity contribution < 1.29 is 14.2 Å². The van der Waals surface area contributed by atoms with Crippen molar-refractivity contribution in [3.8, 4) is 17.2 Å². The number of nitrogens with one attached hydrogen (secondary N) is 1. The van der Waals surface area contributed by atoms with Gasteiger partial charge < -0.3 is 24.4 Å². The zero-order valence-corrected chi connectivity index (χ0v) is 17.1. The predicted octanol–water partition coefficient (Wildman–Crippen LogP) is 3.53. The third kappa shape index (κ3) is 4.49. The van der Waals surface area contributed by atoms with Gasteiger partial charge in [-0.15, -0.1) is 0 Å². The van der Waals surface area contributed by atoms with Crippen LogP contribution in [0.4, 0.5) is 0 Å². The first kappa shape index (κ1) is 19.8. The summed E-state index contributed by atoms with van der Waals surface area (Å²) in [6, 6.07) is 9.88. The van der Waals surface area contributed by atoms with E-state index in [1.165, 1.54) is 11.1 Å². The molecule has 3 rings (SSSR count). The van der Waals surface area contributed by atoms with Gasteiger partial charge in [-0.3, -0.25) is 0 Å². The van der Waals surface area contributed by atoms with E-state index in [0.29, 0.717) is 11.6 Å². The lowest BCUT2D eigenvalue weighted by molar-refractivity contribution is 0.250. The van der Waals surface area contributed by atoms with E-state index in [0.717, 1.165) is 42.3 Å². The summed E-state index contributed by atoms with van der Waals surface area (Å²) in [5, 5.41) is 4.28. The fraction of sp³-hybridized carbons (Fsp3) is 0.429. The molecule has 0 aromatic heterocycles. The van der Waals surface area contributed by atoms with Crippen LogP contribution in [0.2, 0.25) is 5.02 Å². The van der Waals surface area contributed by atoms with E-state index >= 15 is 0 Å². The Kier molecular flexibility index (Phi) is 6.47. The summed E-state index contributed by atoms with van der Waals surface area (Å²) >= 11 is 6.26. The lowest BCUT2D eigenvalue weighted by Gasteiger charge is -2.29. The fourth-order valence-corrected chi connectivity index (χ4v) is 3.56. The van der Waals surface area contributed by atoms with Crippen LogP contribution in [0.3, 0.4) is 0 Å². The molecule has 0 saturated heterocycles. The van der Waals surface area contributed by atoms with Crippen LogP contribution in [0.25, 0.3) is 0 Å². The van der Waals surface area contributed by atoms with Gasteiger partial charge in [-0.25, -0.2) is 0 Å². The number of ether oxygens (including phenoxy) is 3. The highest BCUT2D eigenvalue weighted by Gasteiger charge is 2.26. The normalized spacial score (nSPS) is 16.1. The van der Waals surface area contributed by atoms with Gasteiger partial charge in [0.2, 0.25) is 0 Å². The number of rotatable bonds is 7. The van der Waals surface area contributed by atoms with Crippen LogP contribution in [0.5, 0.6) is 17.2 Å². The van der Waals surface area contributed by atoms with Crippen molar-refractivity contribution in [1.29, 1.82) is 0 Å². The average Bonchev–Trinajstić information content (AvgIpc) is 2.66. The Morgan fingerprint density at radius 3 is 2.52 bits per heavy atom. The van der Waals surface area contributed by atoms with Crippen molar-refractivity contribution in [3.63, 3.8) is 0 Å². The fourth-order valence-electron chi connectivity index (χ4n) is 3.38. The molecule has 1 atom stereocenters. The standard InChI is InChI=1S/C21H27ClN2O3/c1-24(2)9-10-27-20-13-16-14(11-19(20)26-4)7-8-23-21(16)17-12-15(22)5-6-18(17)25-3/h5-6,11-13,21,23H,7-10H2,1-4H3. The third-order valence-electron chi connectivity index (χ3n) is 4.78. The van der Waals surface area contributed by atoms with Crippen molar-refractivity contribution in [2.75, 3.05) is 48.0 Å². The minimum atomic E-state index is -0.00972. The summed E-state index contributed by atoms with van der Waals surface area (Å²) in [6.45, 7) is 2.31. The monoisotopic (exact) mass is 390 g/mol. The van der Waals surface area contributed by atoms with E-state index < -0.39 is 0 Å². The van der Waals surface area contributed by atoms with Crippen LogP contribution >= 0.6 is 11.6 Å². The second kappa shape index (κ2) is 8.83. The predicted molar refractivity (Wildman–Crippen MR) is 109 cm³/mol. The van der Waals surface area contributed by atoms with Crippen molar-refractivity contribution in [1.82, 2.24) is 10.2 Å². The van der Waals surface area contributed by atoms with Gasteiger partial charge in [0.05, 0.1) is 20.3 Å². The molecular formula is C21H27ClN2O3. The number of fused-ring (bicyclic) bond motifs is 1. The van der Waals surface area contributed by atoms with E-state index in [2.05, 4.69) is 22.3 Å². The topological polar surface area (TPSA) is 43.0 Å². The Morgan fingerprint density at radius 2 is 1.81 bits per heavy atom. The Balaban J connectivity index is 2.00. The minimum Gasteiger partial charge on any atom is -0.496 e. The first-order valence-corrected chi connectivity index (χ1v) is 9.46. The SMILES string of the molecule is COc1cc2c(cc1OCCN(C)C)C(c1cc(Cl)ccc1OC)NCC2. The number of benzene rings is 2. The Bertz CT molecular complexity index is 795. The van der Waals surface area contributed by atoms with Gasteiger partial charge in [0, 0.05) is 23.7 Å². The van der Waals surface area contributed by atoms with Crippen LogP contribution < -0.4 is 19.5 Å². The molecule has 5 nitrogen and oxygen atoms in total. The number of likely N-dealkylation sites (N-methyl/N-ethyl adjacent to an activating group) is 1. The zero-order chi connectivity index (χ0) is 19.4. The minimum absolute atomic E-state index is 0.00972. The van der Waals surface area contributed by atoms with Crippen LogP contribution in [0.15, 0.2) is 30.3 Å². The van der Waals surface area contributed by atoms with Gasteiger partial charge >= 0.3 is 0 Å². The summed E-state index contributed by atoms with van der Waals surface area (Å²) in [7, 11) is 7.41. The molecule has 0 amide bonds.